The Morgan fingerprint density at radius 1 is 1.00 bits per heavy atom. The number of ether oxygens (including phenoxy) is 3. The van der Waals surface area contributed by atoms with Crippen LogP contribution in [0.2, 0.25) is 0 Å². The largest absolute Gasteiger partial charge is 0.489 e. The van der Waals surface area contributed by atoms with Crippen LogP contribution in [-0.2, 0) is 36.9 Å². The molecule has 0 unspecified atom stereocenters. The molecule has 2 aromatic rings. The van der Waals surface area contributed by atoms with Gasteiger partial charge in [0, 0.05) is 11.8 Å². The van der Waals surface area contributed by atoms with Crippen molar-refractivity contribution in [1.29, 1.82) is 0 Å². The second-order valence-corrected chi connectivity index (χ2v) is 11.2. The minimum absolute atomic E-state index is 0.0604. The van der Waals surface area contributed by atoms with Gasteiger partial charge in [-0.25, -0.2) is 0 Å². The first-order valence-corrected chi connectivity index (χ1v) is 14.0. The number of rotatable bonds is 8. The fourth-order valence-corrected chi connectivity index (χ4v) is 7.56. The zero-order valence-corrected chi connectivity index (χ0v) is 22.6. The molecule has 3 aliphatic carbocycles. The number of esters is 2. The van der Waals surface area contributed by atoms with Gasteiger partial charge >= 0.3 is 11.9 Å². The number of hydrogen-bond donors (Lipinski definition) is 0. The second-order valence-electron chi connectivity index (χ2n) is 11.2. The Labute approximate surface area is 225 Å². The summed E-state index contributed by atoms with van der Waals surface area (Å²) in [7, 11) is 0. The predicted molar refractivity (Wildman–Crippen MR) is 142 cm³/mol. The molecule has 0 heterocycles. The average Bonchev–Trinajstić information content (AvgIpc) is 3.18. The van der Waals surface area contributed by atoms with Crippen molar-refractivity contribution in [2.24, 2.45) is 29.1 Å². The number of fused-ring (bicyclic) bond motifs is 5. The molecule has 0 N–H and O–H groups in total. The van der Waals surface area contributed by atoms with Crippen molar-refractivity contribution in [1.82, 2.24) is 0 Å². The summed E-state index contributed by atoms with van der Waals surface area (Å²) in [5, 5.41) is 0. The third-order valence-corrected chi connectivity index (χ3v) is 9.23. The maximum Gasteiger partial charge on any atom is 0.320 e. The van der Waals surface area contributed by atoms with Gasteiger partial charge in [-0.1, -0.05) is 43.3 Å². The Morgan fingerprint density at radius 2 is 1.71 bits per heavy atom. The first-order chi connectivity index (χ1) is 18.4. The topological polar surface area (TPSA) is 78.9 Å². The van der Waals surface area contributed by atoms with Crippen LogP contribution >= 0.6 is 0 Å². The Morgan fingerprint density at radius 3 is 2.39 bits per heavy atom. The molecule has 2 aromatic carbocycles. The lowest BCUT2D eigenvalue weighted by Gasteiger charge is -2.50. The molecule has 5 atom stereocenters. The molecule has 5 rings (SSSR count). The van der Waals surface area contributed by atoms with Crippen LogP contribution in [-0.4, -0.2) is 30.9 Å². The van der Waals surface area contributed by atoms with Crippen molar-refractivity contribution in [3.05, 3.63) is 65.2 Å². The van der Waals surface area contributed by atoms with E-state index in [-0.39, 0.29) is 37.3 Å². The lowest BCUT2D eigenvalue weighted by molar-refractivity contribution is -0.166. The van der Waals surface area contributed by atoms with Gasteiger partial charge < -0.3 is 14.2 Å². The molecule has 0 saturated heterocycles. The van der Waals surface area contributed by atoms with Crippen molar-refractivity contribution in [3.63, 3.8) is 0 Å². The van der Waals surface area contributed by atoms with Crippen LogP contribution in [0.1, 0.15) is 69.1 Å². The van der Waals surface area contributed by atoms with E-state index in [0.717, 1.165) is 37.0 Å². The van der Waals surface area contributed by atoms with Crippen LogP contribution in [0.5, 0.6) is 5.75 Å². The van der Waals surface area contributed by atoms with Crippen molar-refractivity contribution in [2.45, 2.75) is 65.4 Å². The predicted octanol–water partition coefficient (Wildman–Crippen LogP) is 5.66. The van der Waals surface area contributed by atoms with E-state index in [2.05, 4.69) is 37.3 Å². The van der Waals surface area contributed by atoms with E-state index in [1.807, 2.05) is 18.2 Å². The molecule has 3 aliphatic rings. The number of Topliss-reactive ketones (excluding diaryl/α,β-unsaturated/α-hetero) is 1. The van der Waals surface area contributed by atoms with E-state index >= 15 is 0 Å². The lowest BCUT2D eigenvalue weighted by Crippen LogP contribution is -2.47. The molecule has 6 nitrogen and oxygen atoms in total. The van der Waals surface area contributed by atoms with Crippen molar-refractivity contribution < 1.29 is 28.6 Å². The number of ketones is 1. The van der Waals surface area contributed by atoms with Gasteiger partial charge in [-0.3, -0.25) is 14.4 Å². The van der Waals surface area contributed by atoms with Gasteiger partial charge in [0.05, 0.1) is 13.2 Å². The SMILES string of the molecule is CCOC(=O)C(C(=O)OCC)[C@H]1CC(=O)[C@@]2(C)CC[C@@H]3c4ccc(OCc5ccccc5)cc4CC[C@H]3[C@H]12. The molecule has 38 heavy (non-hydrogen) atoms. The van der Waals surface area contributed by atoms with Crippen molar-refractivity contribution in [3.8, 4) is 5.75 Å². The van der Waals surface area contributed by atoms with Crippen LogP contribution < -0.4 is 4.74 Å². The highest BCUT2D eigenvalue weighted by atomic mass is 16.6. The Bertz CT molecular complexity index is 1170. The van der Waals surface area contributed by atoms with E-state index in [0.29, 0.717) is 12.5 Å². The van der Waals surface area contributed by atoms with Crippen LogP contribution in [0.4, 0.5) is 0 Å². The zero-order chi connectivity index (χ0) is 26.9. The van der Waals surface area contributed by atoms with Gasteiger partial charge in [-0.15, -0.1) is 0 Å². The molecule has 2 fully saturated rings. The zero-order valence-electron chi connectivity index (χ0n) is 22.6. The van der Waals surface area contributed by atoms with E-state index < -0.39 is 29.2 Å². The third kappa shape index (κ3) is 4.74. The van der Waals surface area contributed by atoms with Gasteiger partial charge in [-0.2, -0.15) is 0 Å². The molecule has 0 aromatic heterocycles. The molecule has 2 saturated carbocycles. The summed E-state index contributed by atoms with van der Waals surface area (Å²) in [5.41, 5.74) is 3.22. The van der Waals surface area contributed by atoms with E-state index in [4.69, 9.17) is 14.2 Å². The van der Waals surface area contributed by atoms with Crippen LogP contribution in [0, 0.1) is 29.1 Å². The lowest BCUT2D eigenvalue weighted by atomic mass is 9.53. The van der Waals surface area contributed by atoms with Gasteiger partial charge in [0.2, 0.25) is 0 Å². The summed E-state index contributed by atoms with van der Waals surface area (Å²) >= 11 is 0. The normalized spacial score (nSPS) is 27.7. The monoisotopic (exact) mass is 518 g/mol. The highest BCUT2D eigenvalue weighted by molar-refractivity contribution is 5.97. The maximum atomic E-state index is 13.4. The smallest absolute Gasteiger partial charge is 0.320 e. The van der Waals surface area contributed by atoms with Gasteiger partial charge in [0.15, 0.2) is 5.92 Å². The molecule has 0 aliphatic heterocycles. The maximum absolute atomic E-state index is 13.4. The average molecular weight is 519 g/mol. The highest BCUT2D eigenvalue weighted by Crippen LogP contribution is 2.63. The summed E-state index contributed by atoms with van der Waals surface area (Å²) < 4.78 is 16.7. The quantitative estimate of drug-likeness (QED) is 0.332. The molecular formula is C32H38O6. The minimum Gasteiger partial charge on any atom is -0.489 e. The summed E-state index contributed by atoms with van der Waals surface area (Å²) in [6, 6.07) is 16.5. The van der Waals surface area contributed by atoms with Gasteiger partial charge in [-0.05, 0) is 92.0 Å². The van der Waals surface area contributed by atoms with Crippen molar-refractivity contribution >= 4 is 17.7 Å². The Kier molecular flexibility index (Phi) is 7.60. The van der Waals surface area contributed by atoms with Gasteiger partial charge in [0.25, 0.3) is 0 Å². The number of carbonyl (C=O) groups excluding carboxylic acids is 3. The van der Waals surface area contributed by atoms with Crippen LogP contribution in [0.15, 0.2) is 48.5 Å². The molecule has 0 bridgehead atoms. The van der Waals surface area contributed by atoms with E-state index in [1.54, 1.807) is 13.8 Å². The molecule has 0 radical (unpaired) electrons. The fourth-order valence-electron chi connectivity index (χ4n) is 7.56. The number of benzene rings is 2. The molecule has 0 spiro atoms. The fraction of sp³-hybridized carbons (Fsp3) is 0.531. The summed E-state index contributed by atoms with van der Waals surface area (Å²) in [6.07, 6.45) is 3.72. The molecule has 202 valence electrons. The standard InChI is InChI=1S/C32H38O6/c1-4-36-30(34)28(31(35)37-5-2)26-18-27(33)32(3)16-15-24-23-14-12-22(38-19-20-9-7-6-8-10-20)17-21(23)11-13-25(24)29(26)32/h6-10,12,14,17,24-26,28-29H,4-5,11,13,15-16,18-19H2,1-3H3/t24-,25-,26-,29-,32-/m1/s1. The Balaban J connectivity index is 1.41. The van der Waals surface area contributed by atoms with Crippen LogP contribution in [0.25, 0.3) is 0 Å². The van der Waals surface area contributed by atoms with E-state index in [9.17, 15) is 14.4 Å². The number of carbonyl (C=O) groups is 3. The van der Waals surface area contributed by atoms with Gasteiger partial charge in [0.1, 0.15) is 18.1 Å². The van der Waals surface area contributed by atoms with Crippen molar-refractivity contribution in [2.75, 3.05) is 13.2 Å². The first kappa shape index (κ1) is 26.5. The summed E-state index contributed by atoms with van der Waals surface area (Å²) in [5.74, 6) is -1.09. The Hall–Kier alpha value is -3.15. The highest BCUT2D eigenvalue weighted by Gasteiger charge is 2.62. The minimum atomic E-state index is -1.06. The second kappa shape index (κ2) is 10.9. The number of aryl methyl sites for hydroxylation is 1. The molecule has 0 amide bonds. The third-order valence-electron chi connectivity index (χ3n) is 9.23. The summed E-state index contributed by atoms with van der Waals surface area (Å²) in [6.45, 7) is 6.42. The number of hydrogen-bond acceptors (Lipinski definition) is 6. The molecule has 6 heteroatoms. The molecular weight excluding hydrogens is 480 g/mol. The van der Waals surface area contributed by atoms with Crippen LogP contribution in [0.3, 0.4) is 0 Å². The first-order valence-electron chi connectivity index (χ1n) is 14.0. The summed E-state index contributed by atoms with van der Waals surface area (Å²) in [4.78, 5) is 39.5. The van der Waals surface area contributed by atoms with E-state index in [1.165, 1.54) is 11.1 Å².